The third-order valence-corrected chi connectivity index (χ3v) is 5.01. The summed E-state index contributed by atoms with van der Waals surface area (Å²) in [6.45, 7) is 0. The van der Waals surface area contributed by atoms with Gasteiger partial charge in [0.15, 0.2) is 0 Å². The summed E-state index contributed by atoms with van der Waals surface area (Å²) in [5.74, 6) is -0.642. The fourth-order valence-electron chi connectivity index (χ4n) is 3.46. The summed E-state index contributed by atoms with van der Waals surface area (Å²) in [6.07, 6.45) is 2.96. The van der Waals surface area contributed by atoms with Gasteiger partial charge in [0, 0.05) is 18.0 Å². The Labute approximate surface area is 178 Å². The Bertz CT molecular complexity index is 1140. The summed E-state index contributed by atoms with van der Waals surface area (Å²) in [4.78, 5) is 35.5. The number of ether oxygens (including phenoxy) is 2. The van der Waals surface area contributed by atoms with Gasteiger partial charge >= 0.3 is 5.91 Å². The molecule has 8 nitrogen and oxygen atoms in total. The number of hydrogen-bond donors (Lipinski definition) is 1. The van der Waals surface area contributed by atoms with Crippen LogP contribution in [0.4, 0.5) is 5.95 Å². The molecule has 1 amide bonds. The monoisotopic (exact) mass is 417 g/mol. The number of nitrogens with zero attached hydrogens (tertiary/aromatic N) is 3. The summed E-state index contributed by atoms with van der Waals surface area (Å²) >= 11 is 0. The summed E-state index contributed by atoms with van der Waals surface area (Å²) < 4.78 is 10.3. The number of rotatable bonds is 5. The highest BCUT2D eigenvalue weighted by molar-refractivity contribution is 6.51. The molecule has 0 unspecified atom stereocenters. The molecule has 4 rings (SSSR count). The van der Waals surface area contributed by atoms with E-state index in [1.807, 2.05) is 0 Å². The van der Waals surface area contributed by atoms with Gasteiger partial charge < -0.3 is 14.6 Å². The Balaban J connectivity index is 1.90. The Hall–Kier alpha value is -4.20. The largest absolute Gasteiger partial charge is 0.507 e. The summed E-state index contributed by atoms with van der Waals surface area (Å²) in [5, 5.41) is 11.0. The molecule has 0 bridgehead atoms. The van der Waals surface area contributed by atoms with E-state index in [-0.39, 0.29) is 17.3 Å². The van der Waals surface area contributed by atoms with Crippen molar-refractivity contribution >= 4 is 23.4 Å². The van der Waals surface area contributed by atoms with Crippen LogP contribution in [0.3, 0.4) is 0 Å². The van der Waals surface area contributed by atoms with Gasteiger partial charge in [0.2, 0.25) is 5.95 Å². The fraction of sp³-hybridized carbons (Fsp3) is 0.130. The molecular formula is C23H19N3O5. The average molecular weight is 417 g/mol. The van der Waals surface area contributed by atoms with E-state index in [0.29, 0.717) is 22.6 Å². The smallest absolute Gasteiger partial charge is 0.302 e. The number of amides is 1. The molecule has 0 radical (unpaired) electrons. The number of ketones is 1. The van der Waals surface area contributed by atoms with E-state index in [0.717, 1.165) is 0 Å². The van der Waals surface area contributed by atoms with Crippen molar-refractivity contribution < 1.29 is 24.2 Å². The van der Waals surface area contributed by atoms with E-state index >= 15 is 0 Å². The highest BCUT2D eigenvalue weighted by Gasteiger charge is 2.48. The number of carbonyl (C=O) groups is 2. The van der Waals surface area contributed by atoms with Crippen LogP contribution in [0.15, 0.2) is 72.6 Å². The van der Waals surface area contributed by atoms with Gasteiger partial charge in [-0.2, -0.15) is 0 Å². The molecule has 0 spiro atoms. The lowest BCUT2D eigenvalue weighted by molar-refractivity contribution is -0.132. The molecule has 2 aromatic carbocycles. The SMILES string of the molecule is COc1ccc(/C(O)=C2\C(=O)C(=O)N(c3ncccn3)[C@@H]2c2ccc(OC)cc2)cc1. The third-order valence-electron chi connectivity index (χ3n) is 5.01. The van der Waals surface area contributed by atoms with Gasteiger partial charge in [-0.3, -0.25) is 14.5 Å². The zero-order valence-electron chi connectivity index (χ0n) is 16.9. The van der Waals surface area contributed by atoms with E-state index < -0.39 is 17.7 Å². The van der Waals surface area contributed by atoms with Crippen LogP contribution < -0.4 is 14.4 Å². The summed E-state index contributed by atoms with van der Waals surface area (Å²) in [6, 6.07) is 14.1. The molecule has 1 aliphatic heterocycles. The van der Waals surface area contributed by atoms with E-state index in [1.165, 1.54) is 24.4 Å². The van der Waals surface area contributed by atoms with Crippen LogP contribution in [0, 0.1) is 0 Å². The van der Waals surface area contributed by atoms with Crippen molar-refractivity contribution in [2.45, 2.75) is 6.04 Å². The summed E-state index contributed by atoms with van der Waals surface area (Å²) in [7, 11) is 3.08. The van der Waals surface area contributed by atoms with Gasteiger partial charge in [-0.1, -0.05) is 12.1 Å². The number of Topliss-reactive ketones (excluding diaryl/α,β-unsaturated/α-hetero) is 1. The lowest BCUT2D eigenvalue weighted by Crippen LogP contribution is -2.31. The first-order valence-corrected chi connectivity index (χ1v) is 9.41. The van der Waals surface area contributed by atoms with Gasteiger partial charge in [0.1, 0.15) is 17.3 Å². The maximum absolute atomic E-state index is 13.0. The van der Waals surface area contributed by atoms with Gasteiger partial charge in [-0.05, 0) is 48.0 Å². The van der Waals surface area contributed by atoms with E-state index in [9.17, 15) is 14.7 Å². The van der Waals surface area contributed by atoms with Crippen LogP contribution in [-0.4, -0.2) is 41.0 Å². The molecule has 1 aliphatic rings. The van der Waals surface area contributed by atoms with Crippen molar-refractivity contribution in [2.75, 3.05) is 19.1 Å². The number of hydrogen-bond acceptors (Lipinski definition) is 7. The Kier molecular flexibility index (Phi) is 5.36. The van der Waals surface area contributed by atoms with Crippen LogP contribution in [0.2, 0.25) is 0 Å². The molecule has 156 valence electrons. The molecule has 1 N–H and O–H groups in total. The maximum atomic E-state index is 13.0. The molecule has 2 heterocycles. The van der Waals surface area contributed by atoms with Crippen LogP contribution in [0.5, 0.6) is 11.5 Å². The van der Waals surface area contributed by atoms with E-state index in [4.69, 9.17) is 9.47 Å². The van der Waals surface area contributed by atoms with Crippen molar-refractivity contribution in [3.63, 3.8) is 0 Å². The topological polar surface area (TPSA) is 102 Å². The molecule has 8 heteroatoms. The van der Waals surface area contributed by atoms with Gasteiger partial charge in [-0.15, -0.1) is 0 Å². The molecule has 1 saturated heterocycles. The minimum Gasteiger partial charge on any atom is -0.507 e. The molecule has 0 aliphatic carbocycles. The Morgan fingerprint density at radius 2 is 1.45 bits per heavy atom. The highest BCUT2D eigenvalue weighted by Crippen LogP contribution is 2.41. The van der Waals surface area contributed by atoms with Gasteiger partial charge in [0.05, 0.1) is 25.8 Å². The zero-order valence-corrected chi connectivity index (χ0v) is 16.9. The molecule has 3 aromatic rings. The van der Waals surface area contributed by atoms with Crippen molar-refractivity contribution in [1.82, 2.24) is 9.97 Å². The second-order valence-electron chi connectivity index (χ2n) is 6.72. The number of anilines is 1. The quantitative estimate of drug-likeness (QED) is 0.387. The van der Waals surface area contributed by atoms with Crippen molar-refractivity contribution in [2.24, 2.45) is 0 Å². The standard InChI is InChI=1S/C23H19N3O5/c1-30-16-8-4-14(5-9-16)19-18(20(27)15-6-10-17(31-2)11-7-15)21(28)22(29)26(19)23-24-12-3-13-25-23/h3-13,19,27H,1-2H3/b20-18+/t19-/m1/s1. The van der Waals surface area contributed by atoms with E-state index in [2.05, 4.69) is 9.97 Å². The summed E-state index contributed by atoms with van der Waals surface area (Å²) in [5.41, 5.74) is 0.932. The lowest BCUT2D eigenvalue weighted by Gasteiger charge is -2.23. The first-order valence-electron chi connectivity index (χ1n) is 9.41. The maximum Gasteiger partial charge on any atom is 0.302 e. The predicted octanol–water partition coefficient (Wildman–Crippen LogP) is 3.12. The number of methoxy groups -OCH3 is 2. The number of aliphatic hydroxyl groups excluding tert-OH is 1. The lowest BCUT2D eigenvalue weighted by atomic mass is 9.95. The van der Waals surface area contributed by atoms with Crippen molar-refractivity contribution in [1.29, 1.82) is 0 Å². The normalized spacial score (nSPS) is 17.6. The number of aromatic nitrogens is 2. The molecule has 1 aromatic heterocycles. The molecule has 0 saturated carbocycles. The van der Waals surface area contributed by atoms with Crippen molar-refractivity contribution in [3.8, 4) is 11.5 Å². The van der Waals surface area contributed by atoms with Crippen LogP contribution in [-0.2, 0) is 9.59 Å². The minimum absolute atomic E-state index is 0.0483. The molecule has 1 atom stereocenters. The van der Waals surface area contributed by atoms with Crippen molar-refractivity contribution in [3.05, 3.63) is 83.7 Å². The van der Waals surface area contributed by atoms with Crippen LogP contribution in [0.1, 0.15) is 17.2 Å². The Morgan fingerprint density at radius 1 is 0.903 bits per heavy atom. The Morgan fingerprint density at radius 3 is 2.00 bits per heavy atom. The molecule has 31 heavy (non-hydrogen) atoms. The number of benzene rings is 2. The average Bonchev–Trinajstić information content (AvgIpc) is 3.09. The first kappa shape index (κ1) is 20.1. The van der Waals surface area contributed by atoms with Gasteiger partial charge in [-0.25, -0.2) is 9.97 Å². The van der Waals surface area contributed by atoms with Gasteiger partial charge in [0.25, 0.3) is 5.78 Å². The number of aliphatic hydroxyl groups is 1. The second-order valence-corrected chi connectivity index (χ2v) is 6.72. The van der Waals surface area contributed by atoms with Crippen LogP contribution in [0.25, 0.3) is 5.76 Å². The number of carbonyl (C=O) groups excluding carboxylic acids is 2. The second kappa shape index (κ2) is 8.27. The molecule has 1 fully saturated rings. The minimum atomic E-state index is -0.907. The van der Waals surface area contributed by atoms with Crippen LogP contribution >= 0.6 is 0 Å². The zero-order chi connectivity index (χ0) is 22.0. The highest BCUT2D eigenvalue weighted by atomic mass is 16.5. The third kappa shape index (κ3) is 3.59. The first-order chi connectivity index (χ1) is 15.0. The predicted molar refractivity (Wildman–Crippen MR) is 113 cm³/mol. The fourth-order valence-corrected chi connectivity index (χ4v) is 3.46. The molecular weight excluding hydrogens is 398 g/mol. The van der Waals surface area contributed by atoms with E-state index in [1.54, 1.807) is 61.7 Å².